The van der Waals surface area contributed by atoms with Gasteiger partial charge in [0.05, 0.1) is 7.11 Å². The summed E-state index contributed by atoms with van der Waals surface area (Å²) in [6.45, 7) is 0.688. The van der Waals surface area contributed by atoms with E-state index in [0.717, 1.165) is 11.5 Å². The molecule has 0 spiro atoms. The van der Waals surface area contributed by atoms with Crippen LogP contribution in [0.1, 0.15) is 11.5 Å². The topological polar surface area (TPSA) is 35.2 Å². The van der Waals surface area contributed by atoms with Crippen LogP contribution < -0.4 is 10.5 Å². The largest absolute Gasteiger partial charge is 0.497 e. The van der Waals surface area contributed by atoms with E-state index >= 15 is 0 Å². The fraction of sp³-hybridized carbons (Fsp3) is 0.455. The van der Waals surface area contributed by atoms with Crippen molar-refractivity contribution in [1.29, 1.82) is 0 Å². The maximum atomic E-state index is 5.73. The molecule has 0 amide bonds. The Labute approximate surface area is 89.8 Å². The van der Waals surface area contributed by atoms with E-state index < -0.39 is 0 Å². The van der Waals surface area contributed by atoms with E-state index in [2.05, 4.69) is 18.4 Å². The third-order valence-electron chi connectivity index (χ3n) is 2.22. The molecule has 0 heterocycles. The summed E-state index contributed by atoms with van der Waals surface area (Å²) in [4.78, 5) is 0. The highest BCUT2D eigenvalue weighted by Crippen LogP contribution is 2.22. The number of thioether (sulfide) groups is 1. The lowest BCUT2D eigenvalue weighted by molar-refractivity contribution is 0.414. The molecule has 78 valence electrons. The normalized spacial score (nSPS) is 12.5. The van der Waals surface area contributed by atoms with Gasteiger partial charge >= 0.3 is 0 Å². The molecule has 0 saturated heterocycles. The van der Waals surface area contributed by atoms with Gasteiger partial charge in [0.25, 0.3) is 0 Å². The summed E-state index contributed by atoms with van der Waals surface area (Å²) in [5.74, 6) is 2.39. The number of benzene rings is 1. The SMILES string of the molecule is COc1cccc(C(CN)CSC)c1. The fourth-order valence-electron chi connectivity index (χ4n) is 1.40. The number of nitrogens with two attached hydrogens (primary N) is 1. The quantitative estimate of drug-likeness (QED) is 0.810. The molecule has 14 heavy (non-hydrogen) atoms. The molecule has 1 aromatic carbocycles. The average molecular weight is 211 g/mol. The Bertz CT molecular complexity index is 278. The summed E-state index contributed by atoms with van der Waals surface area (Å²) in [7, 11) is 1.69. The van der Waals surface area contributed by atoms with Crippen molar-refractivity contribution in [2.75, 3.05) is 25.7 Å². The predicted molar refractivity (Wildman–Crippen MR) is 63.2 cm³/mol. The van der Waals surface area contributed by atoms with Crippen molar-refractivity contribution in [2.24, 2.45) is 5.73 Å². The van der Waals surface area contributed by atoms with Gasteiger partial charge in [-0.3, -0.25) is 0 Å². The first-order valence-corrected chi connectivity index (χ1v) is 6.04. The molecular formula is C11H17NOS. The van der Waals surface area contributed by atoms with E-state index in [-0.39, 0.29) is 0 Å². The number of ether oxygens (including phenoxy) is 1. The van der Waals surface area contributed by atoms with Gasteiger partial charge in [0.1, 0.15) is 5.75 Å². The van der Waals surface area contributed by atoms with Gasteiger partial charge in [-0.25, -0.2) is 0 Å². The average Bonchev–Trinajstić information content (AvgIpc) is 2.26. The van der Waals surface area contributed by atoms with Crippen LogP contribution in [0.3, 0.4) is 0 Å². The Morgan fingerprint density at radius 1 is 1.50 bits per heavy atom. The molecule has 0 aliphatic rings. The van der Waals surface area contributed by atoms with Crippen molar-refractivity contribution >= 4 is 11.8 Å². The summed E-state index contributed by atoms with van der Waals surface area (Å²) in [5, 5.41) is 0. The Balaban J connectivity index is 2.80. The predicted octanol–water partition coefficient (Wildman–Crippen LogP) is 2.10. The van der Waals surface area contributed by atoms with Crippen molar-refractivity contribution in [3.63, 3.8) is 0 Å². The van der Waals surface area contributed by atoms with Crippen LogP contribution in [0.15, 0.2) is 24.3 Å². The van der Waals surface area contributed by atoms with Crippen LogP contribution in [0, 0.1) is 0 Å². The van der Waals surface area contributed by atoms with Crippen molar-refractivity contribution in [3.8, 4) is 5.75 Å². The molecule has 1 unspecified atom stereocenters. The molecule has 0 radical (unpaired) electrons. The Morgan fingerprint density at radius 2 is 2.29 bits per heavy atom. The summed E-state index contributed by atoms with van der Waals surface area (Å²) in [5.41, 5.74) is 6.99. The highest BCUT2D eigenvalue weighted by atomic mass is 32.2. The van der Waals surface area contributed by atoms with Gasteiger partial charge in [0, 0.05) is 11.7 Å². The maximum absolute atomic E-state index is 5.73. The van der Waals surface area contributed by atoms with E-state index in [0.29, 0.717) is 12.5 Å². The minimum absolute atomic E-state index is 0.431. The maximum Gasteiger partial charge on any atom is 0.119 e. The Hall–Kier alpha value is -0.670. The van der Waals surface area contributed by atoms with E-state index in [4.69, 9.17) is 10.5 Å². The van der Waals surface area contributed by atoms with Gasteiger partial charge in [-0.2, -0.15) is 11.8 Å². The number of methoxy groups -OCH3 is 1. The lowest BCUT2D eigenvalue weighted by atomic mass is 10.0. The minimum Gasteiger partial charge on any atom is -0.497 e. The Kier molecular flexibility index (Phi) is 4.84. The fourth-order valence-corrected chi connectivity index (χ4v) is 2.13. The molecule has 0 aliphatic carbocycles. The molecular weight excluding hydrogens is 194 g/mol. The molecule has 1 atom stereocenters. The van der Waals surface area contributed by atoms with Gasteiger partial charge < -0.3 is 10.5 Å². The highest BCUT2D eigenvalue weighted by Gasteiger charge is 2.09. The first-order valence-electron chi connectivity index (χ1n) is 4.64. The van der Waals surface area contributed by atoms with Crippen LogP contribution in [0.5, 0.6) is 5.75 Å². The molecule has 1 rings (SSSR count). The molecule has 0 saturated carbocycles. The molecule has 0 bridgehead atoms. The van der Waals surface area contributed by atoms with E-state index in [9.17, 15) is 0 Å². The molecule has 0 fully saturated rings. The standard InChI is InChI=1S/C11H17NOS/c1-13-11-5-3-4-9(6-11)10(7-12)8-14-2/h3-6,10H,7-8,12H2,1-2H3. The molecule has 0 aliphatic heterocycles. The second-order valence-corrected chi connectivity index (χ2v) is 4.08. The second-order valence-electron chi connectivity index (χ2n) is 3.16. The van der Waals surface area contributed by atoms with Gasteiger partial charge in [-0.15, -0.1) is 0 Å². The third kappa shape index (κ3) is 2.93. The van der Waals surface area contributed by atoms with Crippen molar-refractivity contribution in [2.45, 2.75) is 5.92 Å². The van der Waals surface area contributed by atoms with Crippen LogP contribution >= 0.6 is 11.8 Å². The Morgan fingerprint density at radius 3 is 2.86 bits per heavy atom. The van der Waals surface area contributed by atoms with Crippen LogP contribution in [0.25, 0.3) is 0 Å². The number of hydrogen-bond acceptors (Lipinski definition) is 3. The van der Waals surface area contributed by atoms with Gasteiger partial charge in [0.15, 0.2) is 0 Å². The van der Waals surface area contributed by atoms with Gasteiger partial charge in [-0.05, 0) is 30.5 Å². The summed E-state index contributed by atoms with van der Waals surface area (Å²) in [6, 6.07) is 8.14. The van der Waals surface area contributed by atoms with Crippen molar-refractivity contribution in [3.05, 3.63) is 29.8 Å². The summed E-state index contributed by atoms with van der Waals surface area (Å²) >= 11 is 1.82. The molecule has 1 aromatic rings. The lowest BCUT2D eigenvalue weighted by Gasteiger charge is -2.14. The summed E-state index contributed by atoms with van der Waals surface area (Å²) in [6.07, 6.45) is 2.10. The second kappa shape index (κ2) is 5.94. The molecule has 0 aromatic heterocycles. The van der Waals surface area contributed by atoms with Crippen molar-refractivity contribution < 1.29 is 4.74 Å². The monoisotopic (exact) mass is 211 g/mol. The van der Waals surface area contributed by atoms with E-state index in [1.165, 1.54) is 5.56 Å². The minimum atomic E-state index is 0.431. The van der Waals surface area contributed by atoms with Crippen LogP contribution in [-0.2, 0) is 0 Å². The van der Waals surface area contributed by atoms with Crippen molar-refractivity contribution in [1.82, 2.24) is 0 Å². The van der Waals surface area contributed by atoms with Crippen LogP contribution in [0.4, 0.5) is 0 Å². The number of rotatable bonds is 5. The zero-order valence-corrected chi connectivity index (χ0v) is 9.51. The van der Waals surface area contributed by atoms with Crippen LogP contribution in [0.2, 0.25) is 0 Å². The first kappa shape index (κ1) is 11.4. The third-order valence-corrected chi connectivity index (χ3v) is 2.95. The zero-order chi connectivity index (χ0) is 10.4. The summed E-state index contributed by atoms with van der Waals surface area (Å²) < 4.78 is 5.18. The number of hydrogen-bond donors (Lipinski definition) is 1. The molecule has 2 nitrogen and oxygen atoms in total. The molecule has 2 N–H and O–H groups in total. The van der Waals surface area contributed by atoms with Gasteiger partial charge in [0.2, 0.25) is 0 Å². The van der Waals surface area contributed by atoms with Gasteiger partial charge in [-0.1, -0.05) is 12.1 Å². The first-order chi connectivity index (χ1) is 6.81. The van der Waals surface area contributed by atoms with Crippen LogP contribution in [-0.4, -0.2) is 25.7 Å². The lowest BCUT2D eigenvalue weighted by Crippen LogP contribution is -2.14. The highest BCUT2D eigenvalue weighted by molar-refractivity contribution is 7.98. The van der Waals surface area contributed by atoms with E-state index in [1.54, 1.807) is 7.11 Å². The smallest absolute Gasteiger partial charge is 0.119 e. The van der Waals surface area contributed by atoms with E-state index in [1.807, 2.05) is 23.9 Å². The molecule has 3 heteroatoms. The zero-order valence-electron chi connectivity index (χ0n) is 8.69.